The van der Waals surface area contributed by atoms with Crippen LogP contribution in [0.25, 0.3) is 16.6 Å². The van der Waals surface area contributed by atoms with Gasteiger partial charge in [-0.3, -0.25) is 4.79 Å². The number of carbonyl (C=O) groups excluding carboxylic acids is 1. The van der Waals surface area contributed by atoms with Crippen molar-refractivity contribution >= 4 is 17.4 Å². The molecule has 5 heterocycles. The van der Waals surface area contributed by atoms with E-state index in [2.05, 4.69) is 31.4 Å². The van der Waals surface area contributed by atoms with Crippen LogP contribution in [0.5, 0.6) is 5.75 Å². The fraction of sp³-hybridized carbons (Fsp3) is 0.381. The normalized spacial score (nSPS) is 16.8. The molecule has 0 aliphatic carbocycles. The maximum Gasteiger partial charge on any atom is 0.228 e. The predicted octanol–water partition coefficient (Wildman–Crippen LogP) is 0.540. The van der Waals surface area contributed by atoms with E-state index in [1.54, 1.807) is 24.0 Å². The minimum absolute atomic E-state index is 0.135. The van der Waals surface area contributed by atoms with Crippen molar-refractivity contribution in [3.8, 4) is 22.9 Å². The molecule has 0 radical (unpaired) electrons. The number of rotatable bonds is 4. The van der Waals surface area contributed by atoms with E-state index in [4.69, 9.17) is 4.74 Å². The first-order valence-corrected chi connectivity index (χ1v) is 10.2. The zero-order valence-electron chi connectivity index (χ0n) is 17.2. The minimum atomic E-state index is 0.135. The number of aromatic nitrogens is 4. The van der Waals surface area contributed by atoms with E-state index in [0.717, 1.165) is 37.3 Å². The maximum absolute atomic E-state index is 12.4. The number of ether oxygens (including phenoxy) is 1. The predicted molar refractivity (Wildman–Crippen MR) is 113 cm³/mol. The number of amides is 1. The van der Waals surface area contributed by atoms with Crippen molar-refractivity contribution in [3.63, 3.8) is 0 Å². The molecule has 158 valence electrons. The van der Waals surface area contributed by atoms with Crippen molar-refractivity contribution in [2.75, 3.05) is 51.3 Å². The number of methoxy groups -OCH3 is 1. The van der Waals surface area contributed by atoms with Crippen LogP contribution in [0.1, 0.15) is 5.56 Å². The summed E-state index contributed by atoms with van der Waals surface area (Å²) in [4.78, 5) is 25.5. The second kappa shape index (κ2) is 7.85. The molecular weight excluding hydrogens is 396 g/mol. The molecule has 2 saturated heterocycles. The molecule has 0 atom stereocenters. The fourth-order valence-corrected chi connectivity index (χ4v) is 3.96. The topological polar surface area (TPSA) is 112 Å². The monoisotopic (exact) mass is 418 g/mol. The highest BCUT2D eigenvalue weighted by atomic mass is 16.5. The second-order valence-corrected chi connectivity index (χ2v) is 7.70. The molecule has 0 unspecified atom stereocenters. The van der Waals surface area contributed by atoms with E-state index < -0.39 is 0 Å². The van der Waals surface area contributed by atoms with Crippen LogP contribution in [-0.4, -0.2) is 76.8 Å². The van der Waals surface area contributed by atoms with Crippen molar-refractivity contribution in [2.45, 2.75) is 0 Å². The summed E-state index contributed by atoms with van der Waals surface area (Å²) in [6.07, 6.45) is 6.90. The smallest absolute Gasteiger partial charge is 0.228 e. The second-order valence-electron chi connectivity index (χ2n) is 7.70. The third-order valence-corrected chi connectivity index (χ3v) is 5.89. The first kappa shape index (κ1) is 19.3. The summed E-state index contributed by atoms with van der Waals surface area (Å²) in [6, 6.07) is 3.99. The van der Waals surface area contributed by atoms with Gasteiger partial charge < -0.3 is 19.9 Å². The maximum atomic E-state index is 12.4. The number of nitriles is 1. The Bertz CT molecular complexity index is 1150. The lowest BCUT2D eigenvalue weighted by Crippen LogP contribution is -2.56. The van der Waals surface area contributed by atoms with E-state index in [0.29, 0.717) is 35.9 Å². The van der Waals surface area contributed by atoms with Gasteiger partial charge in [0.05, 0.1) is 19.2 Å². The van der Waals surface area contributed by atoms with E-state index in [1.807, 2.05) is 17.2 Å². The summed E-state index contributed by atoms with van der Waals surface area (Å²) in [5, 5.41) is 16.7. The average Bonchev–Trinajstić information content (AvgIpc) is 3.21. The number of fused-ring (bicyclic) bond motifs is 1. The Morgan fingerprint density at radius 2 is 1.90 bits per heavy atom. The largest absolute Gasteiger partial charge is 0.494 e. The van der Waals surface area contributed by atoms with Crippen LogP contribution in [0.3, 0.4) is 0 Å². The van der Waals surface area contributed by atoms with Crippen molar-refractivity contribution in [2.24, 2.45) is 5.92 Å². The number of anilines is 1. The number of nitrogens with one attached hydrogen (secondary N) is 1. The van der Waals surface area contributed by atoms with E-state index >= 15 is 0 Å². The van der Waals surface area contributed by atoms with Gasteiger partial charge in [0.1, 0.15) is 22.9 Å². The van der Waals surface area contributed by atoms with Crippen molar-refractivity contribution in [1.29, 1.82) is 5.26 Å². The summed E-state index contributed by atoms with van der Waals surface area (Å²) in [5.74, 6) is 1.60. The van der Waals surface area contributed by atoms with Crippen LogP contribution in [-0.2, 0) is 4.79 Å². The molecule has 1 N–H and O–H groups in total. The lowest BCUT2D eigenvalue weighted by atomic mass is 10.0. The Balaban J connectivity index is 1.31. The molecule has 3 aromatic heterocycles. The van der Waals surface area contributed by atoms with E-state index in [9.17, 15) is 10.1 Å². The number of carbonyl (C=O) groups is 1. The zero-order valence-corrected chi connectivity index (χ0v) is 17.2. The summed E-state index contributed by atoms with van der Waals surface area (Å²) >= 11 is 0. The molecule has 0 saturated carbocycles. The van der Waals surface area contributed by atoms with Gasteiger partial charge in [0.2, 0.25) is 11.9 Å². The first-order valence-electron chi connectivity index (χ1n) is 10.2. The standard InChI is InChI=1S/C21H22N8O2/c1-31-18-6-14(13-29-19(18)15(7-22)12-26-29)16-10-24-21(25-11-16)28-4-2-27(3-5-28)20(30)17-8-23-9-17/h6,10-13,17,23H,2-5,8-9H2,1H3. The summed E-state index contributed by atoms with van der Waals surface area (Å²) in [7, 11) is 1.57. The molecule has 1 amide bonds. The van der Waals surface area contributed by atoms with Crippen LogP contribution in [0, 0.1) is 17.2 Å². The molecular formula is C21H22N8O2. The van der Waals surface area contributed by atoms with Gasteiger partial charge in [0, 0.05) is 69.0 Å². The highest BCUT2D eigenvalue weighted by molar-refractivity contribution is 5.80. The van der Waals surface area contributed by atoms with Crippen LogP contribution >= 0.6 is 0 Å². The molecule has 5 rings (SSSR count). The van der Waals surface area contributed by atoms with Crippen LogP contribution < -0.4 is 15.0 Å². The van der Waals surface area contributed by atoms with Gasteiger partial charge in [-0.25, -0.2) is 14.5 Å². The molecule has 2 aliphatic heterocycles. The molecule has 2 aliphatic rings. The average molecular weight is 418 g/mol. The SMILES string of the molecule is COc1cc(-c2cnc(N3CCN(C(=O)C4CNC4)CC3)nc2)cn2ncc(C#N)c12. The Labute approximate surface area is 179 Å². The Morgan fingerprint density at radius 1 is 1.16 bits per heavy atom. The van der Waals surface area contributed by atoms with E-state index in [1.165, 1.54) is 6.20 Å². The highest BCUT2D eigenvalue weighted by Gasteiger charge is 2.31. The molecule has 10 heteroatoms. The van der Waals surface area contributed by atoms with Crippen molar-refractivity contribution < 1.29 is 9.53 Å². The van der Waals surface area contributed by atoms with Gasteiger partial charge in [-0.15, -0.1) is 0 Å². The first-order chi connectivity index (χ1) is 15.2. The molecule has 0 aromatic carbocycles. The Kier molecular flexibility index (Phi) is 4.88. The fourth-order valence-electron chi connectivity index (χ4n) is 3.96. The van der Waals surface area contributed by atoms with Crippen LogP contribution in [0.15, 0.2) is 30.9 Å². The molecule has 0 bridgehead atoms. The number of hydrogen-bond donors (Lipinski definition) is 1. The van der Waals surface area contributed by atoms with Gasteiger partial charge in [-0.05, 0) is 6.07 Å². The lowest BCUT2D eigenvalue weighted by molar-refractivity contribution is -0.137. The summed E-state index contributed by atoms with van der Waals surface area (Å²) in [6.45, 7) is 4.39. The van der Waals surface area contributed by atoms with Crippen LogP contribution in [0.4, 0.5) is 5.95 Å². The summed E-state index contributed by atoms with van der Waals surface area (Å²) < 4.78 is 7.10. The Hall–Kier alpha value is -3.71. The number of nitrogens with zero attached hydrogens (tertiary/aromatic N) is 7. The van der Waals surface area contributed by atoms with Gasteiger partial charge in [0.15, 0.2) is 0 Å². The molecule has 3 aromatic rings. The van der Waals surface area contributed by atoms with Gasteiger partial charge in [0.25, 0.3) is 0 Å². The Morgan fingerprint density at radius 3 is 2.52 bits per heavy atom. The van der Waals surface area contributed by atoms with Gasteiger partial charge >= 0.3 is 0 Å². The number of hydrogen-bond acceptors (Lipinski definition) is 8. The molecule has 10 nitrogen and oxygen atoms in total. The quantitative estimate of drug-likeness (QED) is 0.654. The lowest BCUT2D eigenvalue weighted by Gasteiger charge is -2.38. The molecule has 2 fully saturated rings. The number of pyridine rings is 1. The van der Waals surface area contributed by atoms with Crippen LogP contribution in [0.2, 0.25) is 0 Å². The summed E-state index contributed by atoms with van der Waals surface area (Å²) in [5.41, 5.74) is 2.76. The van der Waals surface area contributed by atoms with E-state index in [-0.39, 0.29) is 11.8 Å². The molecule has 0 spiro atoms. The minimum Gasteiger partial charge on any atom is -0.494 e. The number of piperazine rings is 1. The van der Waals surface area contributed by atoms with Gasteiger partial charge in [-0.2, -0.15) is 10.4 Å². The third kappa shape index (κ3) is 3.43. The van der Waals surface area contributed by atoms with Crippen molar-refractivity contribution in [3.05, 3.63) is 36.4 Å². The third-order valence-electron chi connectivity index (χ3n) is 5.89. The zero-order chi connectivity index (χ0) is 21.4. The molecule has 31 heavy (non-hydrogen) atoms. The van der Waals surface area contributed by atoms with Gasteiger partial charge in [-0.1, -0.05) is 0 Å². The van der Waals surface area contributed by atoms with Crippen molar-refractivity contribution in [1.82, 2.24) is 29.8 Å². The highest BCUT2D eigenvalue weighted by Crippen LogP contribution is 2.29.